The molecule has 0 aromatic rings. The fourth-order valence-electron chi connectivity index (χ4n) is 2.41. The summed E-state index contributed by atoms with van der Waals surface area (Å²) in [6, 6.07) is 0.411. The van der Waals surface area contributed by atoms with Gasteiger partial charge >= 0.3 is 0 Å². The maximum absolute atomic E-state index is 8.81. The van der Waals surface area contributed by atoms with Crippen LogP contribution in [0.3, 0.4) is 0 Å². The zero-order valence-electron chi connectivity index (χ0n) is 10.4. The van der Waals surface area contributed by atoms with Crippen molar-refractivity contribution in [2.24, 2.45) is 5.73 Å². The summed E-state index contributed by atoms with van der Waals surface area (Å²) in [6.45, 7) is 4.76. The molecule has 16 heavy (non-hydrogen) atoms. The van der Waals surface area contributed by atoms with Crippen LogP contribution >= 0.6 is 0 Å². The minimum absolute atomic E-state index is 0.0470. The highest BCUT2D eigenvalue weighted by atomic mass is 16.5. The molecule has 2 atom stereocenters. The highest BCUT2D eigenvalue weighted by Crippen LogP contribution is 2.21. The van der Waals surface area contributed by atoms with E-state index in [1.807, 2.05) is 0 Å². The fourth-order valence-corrected chi connectivity index (χ4v) is 2.41. The maximum atomic E-state index is 8.81. The molecular weight excluding hydrogens is 204 g/mol. The average molecular weight is 230 g/mol. The first-order chi connectivity index (χ1) is 7.72. The average Bonchev–Trinajstić information content (AvgIpc) is 2.52. The van der Waals surface area contributed by atoms with Crippen LogP contribution in [-0.4, -0.2) is 43.1 Å². The van der Waals surface area contributed by atoms with Crippen molar-refractivity contribution in [1.82, 2.24) is 5.32 Å². The second-order valence-corrected chi connectivity index (χ2v) is 4.86. The van der Waals surface area contributed by atoms with Crippen LogP contribution in [0.25, 0.3) is 0 Å². The topological polar surface area (TPSA) is 67.5 Å². The first-order valence-electron chi connectivity index (χ1n) is 6.39. The van der Waals surface area contributed by atoms with Crippen molar-refractivity contribution >= 4 is 0 Å². The summed E-state index contributed by atoms with van der Waals surface area (Å²) < 4.78 is 5.48. The Morgan fingerprint density at radius 2 is 2.25 bits per heavy atom. The van der Waals surface area contributed by atoms with Gasteiger partial charge in [-0.3, -0.25) is 0 Å². The predicted octanol–water partition coefficient (Wildman–Crippen LogP) is 0.635. The molecule has 4 heteroatoms. The second kappa shape index (κ2) is 7.22. The summed E-state index contributed by atoms with van der Waals surface area (Å²) in [5.74, 6) is 0. The summed E-state index contributed by atoms with van der Waals surface area (Å²) in [4.78, 5) is 0. The molecule has 1 heterocycles. The summed E-state index contributed by atoms with van der Waals surface area (Å²) >= 11 is 0. The van der Waals surface area contributed by atoms with Gasteiger partial charge in [0.2, 0.25) is 0 Å². The Hall–Kier alpha value is -0.160. The molecule has 0 amide bonds. The summed E-state index contributed by atoms with van der Waals surface area (Å²) in [5.41, 5.74) is 5.96. The Morgan fingerprint density at radius 1 is 1.44 bits per heavy atom. The molecule has 0 aliphatic carbocycles. The summed E-state index contributed by atoms with van der Waals surface area (Å²) in [6.07, 6.45) is 5.02. The quantitative estimate of drug-likeness (QED) is 0.626. The molecule has 0 aromatic heterocycles. The normalized spacial score (nSPS) is 28.7. The molecule has 96 valence electrons. The lowest BCUT2D eigenvalue weighted by atomic mass is 9.89. The molecule has 1 saturated heterocycles. The van der Waals surface area contributed by atoms with E-state index in [9.17, 15) is 0 Å². The summed E-state index contributed by atoms with van der Waals surface area (Å²) in [7, 11) is 0. The van der Waals surface area contributed by atoms with Gasteiger partial charge in [-0.25, -0.2) is 0 Å². The minimum Gasteiger partial charge on any atom is -0.396 e. The van der Waals surface area contributed by atoms with Gasteiger partial charge in [-0.2, -0.15) is 0 Å². The lowest BCUT2D eigenvalue weighted by molar-refractivity contribution is 0.135. The van der Waals surface area contributed by atoms with Crippen LogP contribution in [0.4, 0.5) is 0 Å². The van der Waals surface area contributed by atoms with Crippen molar-refractivity contribution in [2.75, 3.05) is 26.4 Å². The zero-order chi connectivity index (χ0) is 11.9. The first kappa shape index (κ1) is 13.9. The minimum atomic E-state index is 0.0470. The van der Waals surface area contributed by atoms with Crippen LogP contribution in [0.15, 0.2) is 0 Å². The van der Waals surface area contributed by atoms with E-state index >= 15 is 0 Å². The van der Waals surface area contributed by atoms with E-state index in [2.05, 4.69) is 12.2 Å². The third-order valence-corrected chi connectivity index (χ3v) is 3.41. The molecule has 1 fully saturated rings. The molecule has 2 unspecified atom stereocenters. The Labute approximate surface area is 98.5 Å². The largest absolute Gasteiger partial charge is 0.396 e. The van der Waals surface area contributed by atoms with Crippen molar-refractivity contribution in [3.05, 3.63) is 0 Å². The van der Waals surface area contributed by atoms with E-state index in [0.29, 0.717) is 12.6 Å². The van der Waals surface area contributed by atoms with E-state index in [1.54, 1.807) is 0 Å². The monoisotopic (exact) mass is 230 g/mol. The number of rotatable bonds is 6. The van der Waals surface area contributed by atoms with Crippen molar-refractivity contribution in [3.63, 3.8) is 0 Å². The predicted molar refractivity (Wildman–Crippen MR) is 65.4 cm³/mol. The number of aliphatic hydroxyl groups is 1. The molecule has 0 aromatic carbocycles. The molecule has 0 saturated carbocycles. The van der Waals surface area contributed by atoms with Crippen LogP contribution in [0, 0.1) is 0 Å². The number of hydrogen-bond acceptors (Lipinski definition) is 4. The van der Waals surface area contributed by atoms with Crippen molar-refractivity contribution in [3.8, 4) is 0 Å². The van der Waals surface area contributed by atoms with Crippen molar-refractivity contribution in [1.29, 1.82) is 0 Å². The maximum Gasteiger partial charge on any atom is 0.0484 e. The first-order valence-corrected chi connectivity index (χ1v) is 6.39. The smallest absolute Gasteiger partial charge is 0.0484 e. The molecule has 0 bridgehead atoms. The van der Waals surface area contributed by atoms with Crippen LogP contribution in [0.1, 0.15) is 39.0 Å². The van der Waals surface area contributed by atoms with Crippen molar-refractivity contribution < 1.29 is 9.84 Å². The molecule has 0 spiro atoms. The van der Waals surface area contributed by atoms with Crippen LogP contribution in [0.2, 0.25) is 0 Å². The van der Waals surface area contributed by atoms with Gasteiger partial charge in [-0.05, 0) is 39.0 Å². The van der Waals surface area contributed by atoms with Gasteiger partial charge in [0, 0.05) is 37.9 Å². The Balaban J connectivity index is 2.43. The Bertz CT molecular complexity index is 180. The Morgan fingerprint density at radius 3 is 2.94 bits per heavy atom. The standard InChI is InChI=1S/C12H26N2O2/c1-11(4-2-7-15)14-12(10-13)5-3-8-16-9-6-12/h11,14-15H,2-10,13H2,1H3. The van der Waals surface area contributed by atoms with Gasteiger partial charge in [-0.15, -0.1) is 0 Å². The van der Waals surface area contributed by atoms with E-state index in [-0.39, 0.29) is 12.1 Å². The lowest BCUT2D eigenvalue weighted by Gasteiger charge is -2.35. The fraction of sp³-hybridized carbons (Fsp3) is 1.00. The van der Waals surface area contributed by atoms with Crippen LogP contribution in [0.5, 0.6) is 0 Å². The third kappa shape index (κ3) is 4.37. The van der Waals surface area contributed by atoms with Gasteiger partial charge in [0.05, 0.1) is 0 Å². The highest BCUT2D eigenvalue weighted by molar-refractivity contribution is 4.92. The van der Waals surface area contributed by atoms with E-state index in [4.69, 9.17) is 15.6 Å². The molecule has 1 aliphatic heterocycles. The molecule has 4 N–H and O–H groups in total. The van der Waals surface area contributed by atoms with Gasteiger partial charge in [-0.1, -0.05) is 0 Å². The lowest BCUT2D eigenvalue weighted by Crippen LogP contribution is -2.54. The van der Waals surface area contributed by atoms with Gasteiger partial charge in [0.25, 0.3) is 0 Å². The number of hydrogen-bond donors (Lipinski definition) is 3. The summed E-state index contributed by atoms with van der Waals surface area (Å²) in [5, 5.41) is 12.5. The number of nitrogens with two attached hydrogens (primary N) is 1. The van der Waals surface area contributed by atoms with Crippen LogP contribution < -0.4 is 11.1 Å². The zero-order valence-corrected chi connectivity index (χ0v) is 10.4. The Kier molecular flexibility index (Phi) is 6.28. The van der Waals surface area contributed by atoms with Crippen molar-refractivity contribution in [2.45, 2.75) is 50.6 Å². The van der Waals surface area contributed by atoms with E-state index in [1.165, 1.54) is 0 Å². The van der Waals surface area contributed by atoms with E-state index in [0.717, 1.165) is 45.3 Å². The molecule has 0 radical (unpaired) electrons. The third-order valence-electron chi connectivity index (χ3n) is 3.41. The second-order valence-electron chi connectivity index (χ2n) is 4.86. The number of nitrogens with one attached hydrogen (secondary N) is 1. The van der Waals surface area contributed by atoms with Gasteiger partial charge in [0.15, 0.2) is 0 Å². The van der Waals surface area contributed by atoms with Crippen LogP contribution in [-0.2, 0) is 4.74 Å². The molecule has 4 nitrogen and oxygen atoms in total. The SMILES string of the molecule is CC(CCCO)NC1(CN)CCCOCC1. The van der Waals surface area contributed by atoms with Gasteiger partial charge < -0.3 is 20.9 Å². The van der Waals surface area contributed by atoms with Gasteiger partial charge in [0.1, 0.15) is 0 Å². The molecule has 1 rings (SSSR count). The van der Waals surface area contributed by atoms with E-state index < -0.39 is 0 Å². The number of aliphatic hydroxyl groups excluding tert-OH is 1. The molecular formula is C12H26N2O2. The number of ether oxygens (including phenoxy) is 1. The highest BCUT2D eigenvalue weighted by Gasteiger charge is 2.30. The molecule has 1 aliphatic rings.